The first-order chi connectivity index (χ1) is 8.61. The third-order valence-corrected chi connectivity index (χ3v) is 2.87. The molecule has 0 saturated carbocycles. The molecule has 0 aliphatic heterocycles. The van der Waals surface area contributed by atoms with Crippen LogP contribution in [-0.4, -0.2) is 29.1 Å². The topological polar surface area (TPSA) is 53.4 Å². The SMILES string of the molecule is CCN(CC(=O)O)c1cc(C)nc2ccccc12. The van der Waals surface area contributed by atoms with Crippen LogP contribution in [0.3, 0.4) is 0 Å². The monoisotopic (exact) mass is 244 g/mol. The Labute approximate surface area is 106 Å². The molecule has 1 aromatic carbocycles. The zero-order valence-electron chi connectivity index (χ0n) is 10.6. The standard InChI is InChI=1S/C14H16N2O2/c1-3-16(9-14(17)18)13-8-10(2)15-12-7-5-4-6-11(12)13/h4-8H,3,9H2,1-2H3,(H,17,18). The number of aryl methyl sites for hydroxylation is 1. The molecule has 18 heavy (non-hydrogen) atoms. The number of carboxylic acids is 1. The van der Waals surface area contributed by atoms with E-state index >= 15 is 0 Å². The molecular formula is C14H16N2O2. The van der Waals surface area contributed by atoms with Gasteiger partial charge in [-0.05, 0) is 26.0 Å². The first-order valence-corrected chi connectivity index (χ1v) is 5.95. The number of para-hydroxylation sites is 1. The second kappa shape index (κ2) is 5.04. The van der Waals surface area contributed by atoms with E-state index in [9.17, 15) is 4.79 Å². The number of anilines is 1. The van der Waals surface area contributed by atoms with Crippen molar-refractivity contribution in [3.05, 3.63) is 36.0 Å². The van der Waals surface area contributed by atoms with Gasteiger partial charge in [0, 0.05) is 23.3 Å². The van der Waals surface area contributed by atoms with Crippen LogP contribution in [0, 0.1) is 6.92 Å². The molecule has 0 unspecified atom stereocenters. The normalized spacial score (nSPS) is 10.6. The fourth-order valence-electron chi connectivity index (χ4n) is 2.08. The van der Waals surface area contributed by atoms with Crippen molar-refractivity contribution in [1.82, 2.24) is 4.98 Å². The lowest BCUT2D eigenvalue weighted by Gasteiger charge is -2.22. The molecule has 4 heteroatoms. The molecule has 0 saturated heterocycles. The number of pyridine rings is 1. The van der Waals surface area contributed by atoms with Gasteiger partial charge in [0.15, 0.2) is 0 Å². The summed E-state index contributed by atoms with van der Waals surface area (Å²) in [4.78, 5) is 17.2. The van der Waals surface area contributed by atoms with Gasteiger partial charge in [-0.1, -0.05) is 18.2 Å². The molecule has 0 amide bonds. The minimum atomic E-state index is -0.824. The fourth-order valence-corrected chi connectivity index (χ4v) is 2.08. The van der Waals surface area contributed by atoms with Gasteiger partial charge < -0.3 is 10.0 Å². The van der Waals surface area contributed by atoms with Gasteiger partial charge in [-0.2, -0.15) is 0 Å². The molecule has 0 atom stereocenters. The van der Waals surface area contributed by atoms with Crippen LogP contribution in [0.25, 0.3) is 10.9 Å². The summed E-state index contributed by atoms with van der Waals surface area (Å²) in [7, 11) is 0. The molecular weight excluding hydrogens is 228 g/mol. The summed E-state index contributed by atoms with van der Waals surface area (Å²) in [6, 6.07) is 9.74. The van der Waals surface area contributed by atoms with E-state index in [1.54, 1.807) is 0 Å². The molecule has 1 heterocycles. The summed E-state index contributed by atoms with van der Waals surface area (Å²) in [6.07, 6.45) is 0. The van der Waals surface area contributed by atoms with Crippen LogP contribution in [0.2, 0.25) is 0 Å². The van der Waals surface area contributed by atoms with E-state index < -0.39 is 5.97 Å². The van der Waals surface area contributed by atoms with Crippen LogP contribution in [0.1, 0.15) is 12.6 Å². The minimum absolute atomic E-state index is 0.00392. The molecule has 94 valence electrons. The van der Waals surface area contributed by atoms with Crippen LogP contribution in [0.15, 0.2) is 30.3 Å². The van der Waals surface area contributed by atoms with Crippen LogP contribution < -0.4 is 4.90 Å². The van der Waals surface area contributed by atoms with E-state index in [1.807, 2.05) is 49.1 Å². The van der Waals surface area contributed by atoms with Crippen molar-refractivity contribution < 1.29 is 9.90 Å². The van der Waals surface area contributed by atoms with Gasteiger partial charge in [-0.25, -0.2) is 0 Å². The first-order valence-electron chi connectivity index (χ1n) is 5.95. The average molecular weight is 244 g/mol. The van der Waals surface area contributed by atoms with Gasteiger partial charge in [-0.15, -0.1) is 0 Å². The molecule has 0 fully saturated rings. The summed E-state index contributed by atoms with van der Waals surface area (Å²) in [6.45, 7) is 4.53. The van der Waals surface area contributed by atoms with E-state index in [4.69, 9.17) is 5.11 Å². The maximum absolute atomic E-state index is 10.9. The van der Waals surface area contributed by atoms with Gasteiger partial charge in [0.1, 0.15) is 6.54 Å². The third kappa shape index (κ3) is 2.42. The average Bonchev–Trinajstić information content (AvgIpc) is 2.34. The molecule has 4 nitrogen and oxygen atoms in total. The molecule has 0 aliphatic rings. The highest BCUT2D eigenvalue weighted by Gasteiger charge is 2.12. The first kappa shape index (κ1) is 12.4. The van der Waals surface area contributed by atoms with Crippen LogP contribution in [0.5, 0.6) is 0 Å². The number of rotatable bonds is 4. The maximum Gasteiger partial charge on any atom is 0.323 e. The number of carboxylic acid groups (broad SMARTS) is 1. The summed E-state index contributed by atoms with van der Waals surface area (Å²) >= 11 is 0. The Morgan fingerprint density at radius 1 is 1.39 bits per heavy atom. The molecule has 0 bridgehead atoms. The largest absolute Gasteiger partial charge is 0.480 e. The summed E-state index contributed by atoms with van der Waals surface area (Å²) in [5.41, 5.74) is 2.73. The van der Waals surface area contributed by atoms with Crippen LogP contribution >= 0.6 is 0 Å². The van der Waals surface area contributed by atoms with E-state index in [0.717, 1.165) is 22.3 Å². The molecule has 2 rings (SSSR count). The highest BCUT2D eigenvalue weighted by Crippen LogP contribution is 2.26. The van der Waals surface area contributed by atoms with Crippen molar-refractivity contribution in [2.75, 3.05) is 18.0 Å². The van der Waals surface area contributed by atoms with E-state index in [2.05, 4.69) is 4.98 Å². The van der Waals surface area contributed by atoms with Crippen molar-refractivity contribution in [2.45, 2.75) is 13.8 Å². The predicted octanol–water partition coefficient (Wildman–Crippen LogP) is 2.45. The Morgan fingerprint density at radius 3 is 2.78 bits per heavy atom. The predicted molar refractivity (Wildman–Crippen MR) is 72.0 cm³/mol. The highest BCUT2D eigenvalue weighted by atomic mass is 16.4. The minimum Gasteiger partial charge on any atom is -0.480 e. The number of nitrogens with zero attached hydrogens (tertiary/aromatic N) is 2. The molecule has 0 aliphatic carbocycles. The summed E-state index contributed by atoms with van der Waals surface area (Å²) < 4.78 is 0. The van der Waals surface area contributed by atoms with Gasteiger partial charge in [0.05, 0.1) is 5.52 Å². The third-order valence-electron chi connectivity index (χ3n) is 2.87. The van der Waals surface area contributed by atoms with Crippen molar-refractivity contribution >= 4 is 22.6 Å². The van der Waals surface area contributed by atoms with Gasteiger partial charge in [0.2, 0.25) is 0 Å². The Kier molecular flexibility index (Phi) is 3.46. The van der Waals surface area contributed by atoms with Crippen LogP contribution in [0.4, 0.5) is 5.69 Å². The Hall–Kier alpha value is -2.10. The lowest BCUT2D eigenvalue weighted by molar-refractivity contribution is -0.135. The number of benzene rings is 1. The number of aliphatic carboxylic acids is 1. The Morgan fingerprint density at radius 2 is 2.11 bits per heavy atom. The van der Waals surface area contributed by atoms with E-state index in [0.29, 0.717) is 6.54 Å². The maximum atomic E-state index is 10.9. The number of hydrogen-bond donors (Lipinski definition) is 1. The number of likely N-dealkylation sites (N-methyl/N-ethyl adjacent to an activating group) is 1. The Bertz CT molecular complexity index is 581. The van der Waals surface area contributed by atoms with Gasteiger partial charge in [0.25, 0.3) is 0 Å². The van der Waals surface area contributed by atoms with Crippen LogP contribution in [-0.2, 0) is 4.79 Å². The van der Waals surface area contributed by atoms with Gasteiger partial charge >= 0.3 is 5.97 Å². The molecule has 0 spiro atoms. The smallest absolute Gasteiger partial charge is 0.323 e. The van der Waals surface area contributed by atoms with Crippen molar-refractivity contribution in [3.63, 3.8) is 0 Å². The Balaban J connectivity index is 2.57. The molecule has 1 N–H and O–H groups in total. The lowest BCUT2D eigenvalue weighted by atomic mass is 10.1. The summed E-state index contributed by atoms with van der Waals surface area (Å²) in [5, 5.41) is 9.95. The summed E-state index contributed by atoms with van der Waals surface area (Å²) in [5.74, 6) is -0.824. The second-order valence-corrected chi connectivity index (χ2v) is 4.21. The van der Waals surface area contributed by atoms with E-state index in [1.165, 1.54) is 0 Å². The van der Waals surface area contributed by atoms with Crippen molar-refractivity contribution in [3.8, 4) is 0 Å². The molecule has 1 aromatic heterocycles. The zero-order chi connectivity index (χ0) is 13.1. The number of fused-ring (bicyclic) bond motifs is 1. The highest BCUT2D eigenvalue weighted by molar-refractivity contribution is 5.93. The number of hydrogen-bond acceptors (Lipinski definition) is 3. The molecule has 2 aromatic rings. The number of carbonyl (C=O) groups is 1. The van der Waals surface area contributed by atoms with E-state index in [-0.39, 0.29) is 6.54 Å². The van der Waals surface area contributed by atoms with Gasteiger partial charge in [-0.3, -0.25) is 9.78 Å². The lowest BCUT2D eigenvalue weighted by Crippen LogP contribution is -2.29. The van der Waals surface area contributed by atoms with Crippen molar-refractivity contribution in [1.29, 1.82) is 0 Å². The second-order valence-electron chi connectivity index (χ2n) is 4.21. The zero-order valence-corrected chi connectivity index (χ0v) is 10.6. The fraction of sp³-hybridized carbons (Fsp3) is 0.286. The quantitative estimate of drug-likeness (QED) is 0.897. The van der Waals surface area contributed by atoms with Crippen molar-refractivity contribution in [2.24, 2.45) is 0 Å². The molecule has 0 radical (unpaired) electrons. The number of aromatic nitrogens is 1.